The molecule has 2 aliphatic rings. The molecule has 1 aromatic rings. The van der Waals surface area contributed by atoms with Gasteiger partial charge in [0.15, 0.2) is 0 Å². The Hall–Kier alpha value is -1.82. The third kappa shape index (κ3) is 6.12. The highest BCUT2D eigenvalue weighted by Gasteiger charge is 2.31. The number of hydrogen-bond donors (Lipinski definition) is 1. The molecule has 0 aromatic heterocycles. The summed E-state index contributed by atoms with van der Waals surface area (Å²) in [6.07, 6.45) is 9.25. The van der Waals surface area contributed by atoms with Crippen LogP contribution in [-0.4, -0.2) is 47.2 Å². The van der Waals surface area contributed by atoms with Crippen molar-refractivity contribution < 1.29 is 14.4 Å². The Morgan fingerprint density at radius 2 is 1.81 bits per heavy atom. The second kappa shape index (κ2) is 11.2. The molecule has 2 atom stereocenters. The Bertz CT molecular complexity index is 789. The van der Waals surface area contributed by atoms with Gasteiger partial charge in [-0.2, -0.15) is 0 Å². The molecule has 1 heterocycles. The van der Waals surface area contributed by atoms with Crippen molar-refractivity contribution in [2.75, 3.05) is 19.3 Å². The normalized spacial score (nSPS) is 21.0. The van der Waals surface area contributed by atoms with Gasteiger partial charge in [-0.25, -0.2) is 0 Å². The summed E-state index contributed by atoms with van der Waals surface area (Å²) < 4.78 is 0. The monoisotopic (exact) mass is 444 g/mol. The van der Waals surface area contributed by atoms with Gasteiger partial charge in [-0.1, -0.05) is 57.0 Å². The molecule has 5 nitrogen and oxygen atoms in total. The summed E-state index contributed by atoms with van der Waals surface area (Å²) in [5.74, 6) is 0.498. The Kier molecular flexibility index (Phi) is 8.58. The molecule has 1 saturated heterocycles. The maximum Gasteiger partial charge on any atom is 0.251 e. The van der Waals surface area contributed by atoms with Gasteiger partial charge in [0.05, 0.1) is 0 Å². The molecule has 31 heavy (non-hydrogen) atoms. The summed E-state index contributed by atoms with van der Waals surface area (Å²) in [4.78, 5) is 40.0. The van der Waals surface area contributed by atoms with Crippen LogP contribution in [0, 0.1) is 11.8 Å². The van der Waals surface area contributed by atoms with Crippen molar-refractivity contribution in [2.45, 2.75) is 70.8 Å². The van der Waals surface area contributed by atoms with Crippen LogP contribution >= 0.6 is 11.8 Å². The van der Waals surface area contributed by atoms with Gasteiger partial charge in [0, 0.05) is 30.5 Å². The fourth-order valence-corrected chi connectivity index (χ4v) is 5.44. The third-order valence-electron chi connectivity index (χ3n) is 6.71. The van der Waals surface area contributed by atoms with Gasteiger partial charge >= 0.3 is 0 Å². The van der Waals surface area contributed by atoms with E-state index in [1.807, 2.05) is 36.9 Å². The number of likely N-dealkylation sites (tertiary alicyclic amines) is 1. The minimum atomic E-state index is -0.416. The lowest BCUT2D eigenvalue weighted by Gasteiger charge is -2.34. The van der Waals surface area contributed by atoms with Crippen molar-refractivity contribution in [3.8, 4) is 0 Å². The summed E-state index contributed by atoms with van der Waals surface area (Å²) in [6.45, 7) is 5.40. The minimum Gasteiger partial charge on any atom is -0.342 e. The van der Waals surface area contributed by atoms with Crippen LogP contribution in [0.4, 0.5) is 0 Å². The van der Waals surface area contributed by atoms with Crippen LogP contribution in [0.1, 0.15) is 80.6 Å². The van der Waals surface area contributed by atoms with E-state index in [0.29, 0.717) is 12.1 Å². The molecule has 0 spiro atoms. The van der Waals surface area contributed by atoms with Crippen molar-refractivity contribution in [1.82, 2.24) is 10.2 Å². The molecule has 3 rings (SSSR count). The molecule has 1 saturated carbocycles. The number of carbonyl (C=O) groups is 3. The maximum atomic E-state index is 13.1. The first-order valence-electron chi connectivity index (χ1n) is 11.7. The highest BCUT2D eigenvalue weighted by Crippen LogP contribution is 2.30. The second-order valence-corrected chi connectivity index (χ2v) is 10.1. The predicted molar refractivity (Wildman–Crippen MR) is 126 cm³/mol. The number of hydrogen-bond acceptors (Lipinski definition) is 4. The fourth-order valence-electron chi connectivity index (χ4n) is 4.94. The van der Waals surface area contributed by atoms with Crippen LogP contribution in [0.15, 0.2) is 24.3 Å². The van der Waals surface area contributed by atoms with Crippen LogP contribution < -0.4 is 5.32 Å². The molecular formula is C25H36N2O3S. The first-order valence-corrected chi connectivity index (χ1v) is 12.9. The smallest absolute Gasteiger partial charge is 0.251 e. The zero-order chi connectivity index (χ0) is 22.4. The van der Waals surface area contributed by atoms with Crippen molar-refractivity contribution in [1.29, 1.82) is 0 Å². The van der Waals surface area contributed by atoms with Gasteiger partial charge in [-0.05, 0) is 55.6 Å². The zero-order valence-electron chi connectivity index (χ0n) is 19.1. The van der Waals surface area contributed by atoms with Crippen LogP contribution in [0.25, 0.3) is 0 Å². The molecule has 1 aromatic carbocycles. The molecule has 2 fully saturated rings. The second-order valence-electron chi connectivity index (χ2n) is 9.28. The van der Waals surface area contributed by atoms with Crippen molar-refractivity contribution >= 4 is 28.7 Å². The minimum absolute atomic E-state index is 0.00144. The largest absolute Gasteiger partial charge is 0.342 e. The van der Waals surface area contributed by atoms with Crippen molar-refractivity contribution in [3.63, 3.8) is 0 Å². The number of thioether (sulfide) groups is 1. The van der Waals surface area contributed by atoms with E-state index >= 15 is 0 Å². The summed E-state index contributed by atoms with van der Waals surface area (Å²) in [7, 11) is 0. The molecule has 1 N–H and O–H groups in total. The molecule has 2 amide bonds. The summed E-state index contributed by atoms with van der Waals surface area (Å²) in [6, 6.07) is 7.32. The Morgan fingerprint density at radius 3 is 2.48 bits per heavy atom. The van der Waals surface area contributed by atoms with E-state index in [4.69, 9.17) is 0 Å². The topological polar surface area (TPSA) is 66.5 Å². The highest BCUT2D eigenvalue weighted by atomic mass is 32.2. The highest BCUT2D eigenvalue weighted by molar-refractivity contribution is 8.13. The number of piperidine rings is 1. The van der Waals surface area contributed by atoms with Crippen molar-refractivity contribution in [2.24, 2.45) is 11.8 Å². The average molecular weight is 445 g/mol. The average Bonchev–Trinajstić information content (AvgIpc) is 2.82. The molecule has 1 aliphatic heterocycles. The SMILES string of the molecule is CSC(=O)[C@H](NC(=O)c1cccc(C2CCCN(C(=O)C(C)C)C2)c1)C1CCCCC1. The third-order valence-corrected chi connectivity index (χ3v) is 7.37. The van der Waals surface area contributed by atoms with Gasteiger partial charge < -0.3 is 10.2 Å². The predicted octanol–water partition coefficient (Wildman–Crippen LogP) is 4.62. The van der Waals surface area contributed by atoms with E-state index in [-0.39, 0.29) is 34.7 Å². The van der Waals surface area contributed by atoms with Crippen LogP contribution in [0.2, 0.25) is 0 Å². The van der Waals surface area contributed by atoms with Crippen LogP contribution in [-0.2, 0) is 9.59 Å². The first kappa shape index (κ1) is 23.8. The molecule has 6 heteroatoms. The lowest BCUT2D eigenvalue weighted by atomic mass is 9.84. The van der Waals surface area contributed by atoms with E-state index in [0.717, 1.165) is 50.6 Å². The van der Waals surface area contributed by atoms with Crippen LogP contribution in [0.5, 0.6) is 0 Å². The Labute approximate surface area is 190 Å². The number of nitrogens with zero attached hydrogens (tertiary/aromatic N) is 1. The van der Waals surface area contributed by atoms with Gasteiger partial charge in [-0.3, -0.25) is 14.4 Å². The lowest BCUT2D eigenvalue weighted by Crippen LogP contribution is -2.45. The number of rotatable bonds is 6. The van der Waals surface area contributed by atoms with E-state index in [1.165, 1.54) is 18.2 Å². The van der Waals surface area contributed by atoms with Crippen molar-refractivity contribution in [3.05, 3.63) is 35.4 Å². The molecular weight excluding hydrogens is 408 g/mol. The lowest BCUT2D eigenvalue weighted by molar-refractivity contribution is -0.135. The quantitative estimate of drug-likeness (QED) is 0.695. The van der Waals surface area contributed by atoms with Gasteiger partial charge in [0.2, 0.25) is 11.0 Å². The van der Waals surface area contributed by atoms with E-state index < -0.39 is 6.04 Å². The van der Waals surface area contributed by atoms with Gasteiger partial charge in [0.1, 0.15) is 6.04 Å². The number of carbonyl (C=O) groups excluding carboxylic acids is 3. The Morgan fingerprint density at radius 1 is 1.06 bits per heavy atom. The molecule has 1 unspecified atom stereocenters. The number of benzene rings is 1. The molecule has 0 bridgehead atoms. The van der Waals surface area contributed by atoms with E-state index in [1.54, 1.807) is 6.26 Å². The zero-order valence-corrected chi connectivity index (χ0v) is 19.9. The summed E-state index contributed by atoms with van der Waals surface area (Å²) in [5.41, 5.74) is 1.69. The van der Waals surface area contributed by atoms with E-state index in [2.05, 4.69) is 11.4 Å². The molecule has 1 aliphatic carbocycles. The standard InChI is InChI=1S/C25H36N2O3S/c1-17(2)24(29)27-14-8-13-21(16-27)19-11-7-12-20(15-19)23(28)26-22(25(30)31-3)18-9-5-4-6-10-18/h7,11-12,15,17-18,21-22H,4-6,8-10,13-14,16H2,1-3H3,(H,26,28)/t21?,22-/m1/s1. The Balaban J connectivity index is 1.71. The maximum absolute atomic E-state index is 13.1. The summed E-state index contributed by atoms with van der Waals surface area (Å²) >= 11 is 1.20. The summed E-state index contributed by atoms with van der Waals surface area (Å²) in [5, 5.41) is 3.10. The van der Waals surface area contributed by atoms with Gasteiger partial charge in [0.25, 0.3) is 5.91 Å². The molecule has 170 valence electrons. The van der Waals surface area contributed by atoms with Gasteiger partial charge in [-0.15, -0.1) is 0 Å². The fraction of sp³-hybridized carbons (Fsp3) is 0.640. The van der Waals surface area contributed by atoms with E-state index in [9.17, 15) is 14.4 Å². The number of nitrogens with one attached hydrogen (secondary N) is 1. The number of amides is 2. The first-order chi connectivity index (χ1) is 14.9. The molecule has 0 radical (unpaired) electrons. The van der Waals surface area contributed by atoms with Crippen LogP contribution in [0.3, 0.4) is 0 Å².